The number of nitrogens with one attached hydrogen (secondary N) is 1. The number of rotatable bonds is 3. The lowest BCUT2D eigenvalue weighted by Crippen LogP contribution is -2.29. The van der Waals surface area contributed by atoms with Gasteiger partial charge in [0.1, 0.15) is 0 Å². The largest absolute Gasteiger partial charge is 0.359 e. The number of hydrogen-bond acceptors (Lipinski definition) is 1. The van der Waals surface area contributed by atoms with E-state index in [9.17, 15) is 4.79 Å². The lowest BCUT2D eigenvalue weighted by atomic mass is 10.2. The lowest BCUT2D eigenvalue weighted by molar-refractivity contribution is -0.123. The first-order valence-corrected chi connectivity index (χ1v) is 4.84. The molecule has 0 aromatic heterocycles. The van der Waals surface area contributed by atoms with Crippen molar-refractivity contribution >= 4 is 37.8 Å². The van der Waals surface area contributed by atoms with E-state index in [-0.39, 0.29) is 11.8 Å². The Bertz CT molecular complexity index is 93.0. The van der Waals surface area contributed by atoms with Gasteiger partial charge in [-0.3, -0.25) is 4.79 Å². The zero-order chi connectivity index (χ0) is 7.28. The van der Waals surface area contributed by atoms with E-state index in [1.807, 2.05) is 0 Å². The van der Waals surface area contributed by atoms with Crippen LogP contribution in [0.3, 0.4) is 0 Å². The molecule has 1 amide bonds. The summed E-state index contributed by atoms with van der Waals surface area (Å²) in [5.41, 5.74) is 0. The molecule has 0 atom stereocenters. The fraction of sp³-hybridized carbons (Fsp3) is 0.800. The summed E-state index contributed by atoms with van der Waals surface area (Å²) in [5.74, 6) is 0.124. The van der Waals surface area contributed by atoms with Gasteiger partial charge >= 0.3 is 0 Å². The van der Waals surface area contributed by atoms with Gasteiger partial charge in [-0.2, -0.15) is 0 Å². The molecule has 54 valence electrons. The smallest absolute Gasteiger partial charge is 0.224 e. The normalized spacial score (nSPS) is 9.78. The quantitative estimate of drug-likeness (QED) is 0.756. The van der Waals surface area contributed by atoms with Crippen molar-refractivity contribution in [2.24, 2.45) is 5.92 Å². The van der Waals surface area contributed by atoms with Gasteiger partial charge in [-0.15, -0.1) is 0 Å². The zero-order valence-corrected chi connectivity index (χ0v) is 8.33. The molecule has 2 nitrogen and oxygen atoms in total. The summed E-state index contributed by atoms with van der Waals surface area (Å²) in [6, 6.07) is 0. The molecule has 0 fully saturated rings. The first kappa shape index (κ1) is 9.43. The van der Waals surface area contributed by atoms with Crippen LogP contribution in [0.1, 0.15) is 0 Å². The number of amides is 1. The molecule has 0 aliphatic rings. The van der Waals surface area contributed by atoms with Gasteiger partial charge < -0.3 is 5.32 Å². The maximum absolute atomic E-state index is 10.8. The highest BCUT2D eigenvalue weighted by molar-refractivity contribution is 9.09. The predicted octanol–water partition coefficient (Wildman–Crippen LogP) is 1.14. The molecule has 9 heavy (non-hydrogen) atoms. The van der Waals surface area contributed by atoms with Crippen LogP contribution >= 0.6 is 31.9 Å². The Hall–Kier alpha value is 0.430. The summed E-state index contributed by atoms with van der Waals surface area (Å²) in [6.07, 6.45) is 0. The van der Waals surface area contributed by atoms with Crippen LogP contribution in [0.5, 0.6) is 0 Å². The van der Waals surface area contributed by atoms with Crippen molar-refractivity contribution in [3.8, 4) is 0 Å². The molecule has 0 spiro atoms. The van der Waals surface area contributed by atoms with Gasteiger partial charge in [0.25, 0.3) is 0 Å². The molecule has 0 saturated heterocycles. The first-order valence-electron chi connectivity index (χ1n) is 2.59. The number of hydrogen-bond donors (Lipinski definition) is 1. The topological polar surface area (TPSA) is 29.1 Å². The zero-order valence-electron chi connectivity index (χ0n) is 5.16. The molecule has 0 aromatic rings. The second-order valence-electron chi connectivity index (χ2n) is 1.62. The summed E-state index contributed by atoms with van der Waals surface area (Å²) < 4.78 is 0. The molecule has 0 aromatic carbocycles. The Morgan fingerprint density at radius 1 is 1.56 bits per heavy atom. The van der Waals surface area contributed by atoms with E-state index in [4.69, 9.17) is 0 Å². The summed E-state index contributed by atoms with van der Waals surface area (Å²) >= 11 is 6.45. The molecule has 0 aliphatic heterocycles. The summed E-state index contributed by atoms with van der Waals surface area (Å²) in [5, 5.41) is 3.98. The molecule has 0 rings (SSSR count). The van der Waals surface area contributed by atoms with Gasteiger partial charge in [-0.05, 0) is 0 Å². The minimum Gasteiger partial charge on any atom is -0.359 e. The van der Waals surface area contributed by atoms with E-state index in [0.717, 1.165) is 0 Å². The van der Waals surface area contributed by atoms with E-state index in [0.29, 0.717) is 10.7 Å². The highest BCUT2D eigenvalue weighted by atomic mass is 79.9. The van der Waals surface area contributed by atoms with Gasteiger partial charge in [0, 0.05) is 17.7 Å². The third kappa shape index (κ3) is 3.20. The van der Waals surface area contributed by atoms with Crippen molar-refractivity contribution < 1.29 is 4.79 Å². The van der Waals surface area contributed by atoms with Gasteiger partial charge in [-0.25, -0.2) is 0 Å². The monoisotopic (exact) mass is 257 g/mol. The third-order valence-corrected chi connectivity index (χ3v) is 2.55. The number of carbonyl (C=O) groups excluding carboxylic acids is 1. The second kappa shape index (κ2) is 5.23. The highest BCUT2D eigenvalue weighted by Gasteiger charge is 2.12. The molecule has 4 heteroatoms. The van der Waals surface area contributed by atoms with Crippen molar-refractivity contribution in [1.82, 2.24) is 5.32 Å². The maximum Gasteiger partial charge on any atom is 0.224 e. The summed E-state index contributed by atoms with van der Waals surface area (Å²) in [6.45, 7) is 0. The minimum absolute atomic E-state index is 0.0509. The van der Waals surface area contributed by atoms with E-state index in [1.165, 1.54) is 0 Å². The standard InChI is InChI=1S/C5H9Br2NO/c1-8-5(9)4(2-6)3-7/h4H,2-3H2,1H3,(H,8,9). The van der Waals surface area contributed by atoms with E-state index in [1.54, 1.807) is 7.05 Å². The molecule has 0 radical (unpaired) electrons. The van der Waals surface area contributed by atoms with Crippen molar-refractivity contribution in [1.29, 1.82) is 0 Å². The van der Waals surface area contributed by atoms with Crippen LogP contribution in [0.2, 0.25) is 0 Å². The predicted molar refractivity (Wildman–Crippen MR) is 45.1 cm³/mol. The molecule has 0 heterocycles. The van der Waals surface area contributed by atoms with E-state index < -0.39 is 0 Å². The van der Waals surface area contributed by atoms with Crippen molar-refractivity contribution in [3.05, 3.63) is 0 Å². The first-order chi connectivity index (χ1) is 4.26. The molecule has 0 bridgehead atoms. The molecular weight excluding hydrogens is 250 g/mol. The van der Waals surface area contributed by atoms with Gasteiger partial charge in [0.2, 0.25) is 5.91 Å². The van der Waals surface area contributed by atoms with E-state index >= 15 is 0 Å². The number of carbonyl (C=O) groups is 1. The van der Waals surface area contributed by atoms with Crippen LogP contribution in [0.15, 0.2) is 0 Å². The third-order valence-electron chi connectivity index (χ3n) is 0.990. The van der Waals surface area contributed by atoms with Crippen LogP contribution in [0.4, 0.5) is 0 Å². The average molecular weight is 259 g/mol. The molecular formula is C5H9Br2NO. The summed E-state index contributed by atoms with van der Waals surface area (Å²) in [4.78, 5) is 10.8. The fourth-order valence-electron chi connectivity index (χ4n) is 0.386. The highest BCUT2D eigenvalue weighted by Crippen LogP contribution is 2.04. The maximum atomic E-state index is 10.8. The number of alkyl halides is 2. The van der Waals surface area contributed by atoms with Crippen LogP contribution < -0.4 is 5.32 Å². The molecule has 0 saturated carbocycles. The Kier molecular flexibility index (Phi) is 5.48. The molecule has 0 unspecified atom stereocenters. The Labute approximate surface area is 71.6 Å². The minimum atomic E-state index is 0.0509. The van der Waals surface area contributed by atoms with Gasteiger partial charge in [0.15, 0.2) is 0 Å². The van der Waals surface area contributed by atoms with Crippen molar-refractivity contribution in [2.75, 3.05) is 17.7 Å². The molecule has 0 aliphatic carbocycles. The average Bonchev–Trinajstić information content (AvgIpc) is 1.90. The van der Waals surface area contributed by atoms with Crippen LogP contribution in [0, 0.1) is 5.92 Å². The van der Waals surface area contributed by atoms with Crippen LogP contribution in [-0.2, 0) is 4.79 Å². The van der Waals surface area contributed by atoms with Crippen LogP contribution in [-0.4, -0.2) is 23.6 Å². The van der Waals surface area contributed by atoms with Gasteiger partial charge in [0.05, 0.1) is 5.92 Å². The SMILES string of the molecule is CNC(=O)C(CBr)CBr. The Morgan fingerprint density at radius 2 is 2.00 bits per heavy atom. The Morgan fingerprint density at radius 3 is 2.11 bits per heavy atom. The van der Waals surface area contributed by atoms with Crippen LogP contribution in [0.25, 0.3) is 0 Å². The van der Waals surface area contributed by atoms with Crippen molar-refractivity contribution in [3.63, 3.8) is 0 Å². The van der Waals surface area contributed by atoms with Crippen molar-refractivity contribution in [2.45, 2.75) is 0 Å². The fourth-order valence-corrected chi connectivity index (χ4v) is 2.05. The Balaban J connectivity index is 3.64. The molecule has 1 N–H and O–H groups in total. The summed E-state index contributed by atoms with van der Waals surface area (Å²) in [7, 11) is 1.64. The second-order valence-corrected chi connectivity index (χ2v) is 2.91. The van der Waals surface area contributed by atoms with Gasteiger partial charge in [-0.1, -0.05) is 31.9 Å². The lowest BCUT2D eigenvalue weighted by Gasteiger charge is -2.06. The van der Waals surface area contributed by atoms with E-state index in [2.05, 4.69) is 37.2 Å². The number of halogens is 2.